The van der Waals surface area contributed by atoms with E-state index in [1.54, 1.807) is 19.1 Å². The van der Waals surface area contributed by atoms with Crippen molar-refractivity contribution in [2.45, 2.75) is 25.4 Å². The van der Waals surface area contributed by atoms with Crippen LogP contribution in [0.1, 0.15) is 19.8 Å². The smallest absolute Gasteiger partial charge is 0.319 e. The van der Waals surface area contributed by atoms with Gasteiger partial charge in [0.2, 0.25) is 0 Å². The molecule has 2 rings (SSSR count). The zero-order valence-corrected chi connectivity index (χ0v) is 10.2. The summed E-state index contributed by atoms with van der Waals surface area (Å²) in [7, 11) is 0. The Morgan fingerprint density at radius 1 is 1.50 bits per heavy atom. The third kappa shape index (κ3) is 3.20. The number of halogens is 1. The van der Waals surface area contributed by atoms with Crippen LogP contribution in [0.4, 0.5) is 14.9 Å². The third-order valence-corrected chi connectivity index (χ3v) is 3.19. The maximum atomic E-state index is 13.3. The normalized spacial score (nSPS) is 17.9. The van der Waals surface area contributed by atoms with Gasteiger partial charge < -0.3 is 15.7 Å². The average molecular weight is 252 g/mol. The number of carbonyl (C=O) groups is 1. The number of amides is 2. The Balaban J connectivity index is 1.84. The molecule has 0 radical (unpaired) electrons. The van der Waals surface area contributed by atoms with Crippen LogP contribution in [0.25, 0.3) is 0 Å². The van der Waals surface area contributed by atoms with Crippen LogP contribution in [-0.4, -0.2) is 23.3 Å². The maximum Gasteiger partial charge on any atom is 0.319 e. The van der Waals surface area contributed by atoms with E-state index in [-0.39, 0.29) is 18.2 Å². The number of hydrogen-bond donors (Lipinski definition) is 3. The Bertz CT molecular complexity index is 444. The Kier molecular flexibility index (Phi) is 3.52. The molecule has 1 aromatic carbocycles. The molecule has 0 aromatic heterocycles. The van der Waals surface area contributed by atoms with Crippen molar-refractivity contribution in [3.05, 3.63) is 30.1 Å². The van der Waals surface area contributed by atoms with Crippen LogP contribution in [0, 0.1) is 11.7 Å². The highest BCUT2D eigenvalue weighted by molar-refractivity contribution is 5.89. The lowest BCUT2D eigenvalue weighted by Gasteiger charge is -2.23. The van der Waals surface area contributed by atoms with E-state index >= 15 is 0 Å². The predicted molar refractivity (Wildman–Crippen MR) is 66.8 cm³/mol. The van der Waals surface area contributed by atoms with Gasteiger partial charge in [-0.1, -0.05) is 12.1 Å². The Morgan fingerprint density at radius 3 is 2.78 bits per heavy atom. The van der Waals surface area contributed by atoms with Crippen LogP contribution in [0.2, 0.25) is 0 Å². The van der Waals surface area contributed by atoms with Gasteiger partial charge in [-0.05, 0) is 37.8 Å². The Morgan fingerprint density at radius 2 is 2.17 bits per heavy atom. The maximum absolute atomic E-state index is 13.3. The number of anilines is 1. The largest absolute Gasteiger partial charge is 0.388 e. The van der Waals surface area contributed by atoms with Gasteiger partial charge in [0, 0.05) is 6.54 Å². The molecule has 98 valence electrons. The van der Waals surface area contributed by atoms with Crippen LogP contribution in [0.3, 0.4) is 0 Å². The second kappa shape index (κ2) is 4.94. The summed E-state index contributed by atoms with van der Waals surface area (Å²) < 4.78 is 13.3. The number of nitrogens with one attached hydrogen (secondary N) is 2. The van der Waals surface area contributed by atoms with Crippen molar-refractivity contribution in [1.29, 1.82) is 0 Å². The average Bonchev–Trinajstić information content (AvgIpc) is 3.14. The number of urea groups is 1. The highest BCUT2D eigenvalue weighted by Crippen LogP contribution is 2.38. The Labute approximate surface area is 105 Å². The van der Waals surface area contributed by atoms with Crippen molar-refractivity contribution in [2.24, 2.45) is 5.92 Å². The lowest BCUT2D eigenvalue weighted by atomic mass is 10.0. The van der Waals surface area contributed by atoms with E-state index in [0.717, 1.165) is 12.8 Å². The first-order valence-corrected chi connectivity index (χ1v) is 6.01. The molecule has 1 fully saturated rings. The molecule has 5 heteroatoms. The first kappa shape index (κ1) is 12.8. The molecule has 2 amide bonds. The number of aliphatic hydroxyl groups is 1. The standard InChI is InChI=1S/C13H17FN2O2/c1-13(18,9-6-7-9)8-15-12(17)16-11-5-3-2-4-10(11)14/h2-5,9,18H,6-8H2,1H3,(H2,15,16,17). The summed E-state index contributed by atoms with van der Waals surface area (Å²) in [6.45, 7) is 1.87. The fourth-order valence-corrected chi connectivity index (χ4v) is 1.84. The lowest BCUT2D eigenvalue weighted by molar-refractivity contribution is 0.0398. The molecule has 0 aliphatic heterocycles. The molecule has 1 aliphatic carbocycles. The van der Waals surface area contributed by atoms with Crippen molar-refractivity contribution in [2.75, 3.05) is 11.9 Å². The van der Waals surface area contributed by atoms with Crippen molar-refractivity contribution < 1.29 is 14.3 Å². The monoisotopic (exact) mass is 252 g/mol. The Hall–Kier alpha value is -1.62. The van der Waals surface area contributed by atoms with Gasteiger partial charge in [-0.2, -0.15) is 0 Å². The molecule has 0 bridgehead atoms. The molecule has 1 aromatic rings. The highest BCUT2D eigenvalue weighted by Gasteiger charge is 2.39. The summed E-state index contributed by atoms with van der Waals surface area (Å²) in [5.41, 5.74) is -0.756. The van der Waals surface area contributed by atoms with Crippen molar-refractivity contribution in [1.82, 2.24) is 5.32 Å². The molecule has 1 saturated carbocycles. The first-order valence-electron chi connectivity index (χ1n) is 6.01. The second-order valence-electron chi connectivity index (χ2n) is 4.92. The van der Waals surface area contributed by atoms with E-state index in [9.17, 15) is 14.3 Å². The zero-order valence-electron chi connectivity index (χ0n) is 10.2. The summed E-state index contributed by atoms with van der Waals surface area (Å²) in [5.74, 6) is -0.229. The summed E-state index contributed by atoms with van der Waals surface area (Å²) in [5, 5.41) is 15.0. The van der Waals surface area contributed by atoms with E-state index in [4.69, 9.17) is 0 Å². The second-order valence-corrected chi connectivity index (χ2v) is 4.92. The summed E-state index contributed by atoms with van der Waals surface area (Å²) in [4.78, 5) is 11.6. The zero-order chi connectivity index (χ0) is 13.2. The predicted octanol–water partition coefficient (Wildman–Crippen LogP) is 2.11. The van der Waals surface area contributed by atoms with Crippen LogP contribution >= 0.6 is 0 Å². The molecule has 0 heterocycles. The van der Waals surface area contributed by atoms with Crippen LogP contribution in [0.5, 0.6) is 0 Å². The van der Waals surface area contributed by atoms with E-state index < -0.39 is 17.4 Å². The molecule has 1 unspecified atom stereocenters. The van der Waals surface area contributed by atoms with Gasteiger partial charge in [0.05, 0.1) is 11.3 Å². The van der Waals surface area contributed by atoms with E-state index in [1.165, 1.54) is 12.1 Å². The molecule has 4 nitrogen and oxygen atoms in total. The molecule has 0 spiro atoms. The third-order valence-electron chi connectivity index (χ3n) is 3.19. The van der Waals surface area contributed by atoms with Gasteiger partial charge in [-0.3, -0.25) is 0 Å². The molecule has 0 saturated heterocycles. The van der Waals surface area contributed by atoms with Gasteiger partial charge in [-0.15, -0.1) is 0 Å². The van der Waals surface area contributed by atoms with Gasteiger partial charge >= 0.3 is 6.03 Å². The fourth-order valence-electron chi connectivity index (χ4n) is 1.84. The number of para-hydroxylation sites is 1. The molecule has 3 N–H and O–H groups in total. The summed E-state index contributed by atoms with van der Waals surface area (Å²) >= 11 is 0. The number of carbonyl (C=O) groups excluding carboxylic acids is 1. The molecular weight excluding hydrogens is 235 g/mol. The van der Waals surface area contributed by atoms with Crippen LogP contribution in [-0.2, 0) is 0 Å². The minimum absolute atomic E-state index is 0.126. The van der Waals surface area contributed by atoms with E-state index in [1.807, 2.05) is 0 Å². The van der Waals surface area contributed by atoms with Crippen LogP contribution < -0.4 is 10.6 Å². The van der Waals surface area contributed by atoms with Gasteiger partial charge in [-0.25, -0.2) is 9.18 Å². The van der Waals surface area contributed by atoms with Crippen molar-refractivity contribution in [3.8, 4) is 0 Å². The number of rotatable bonds is 4. The SMILES string of the molecule is CC(O)(CNC(=O)Nc1ccccc1F)C1CC1. The highest BCUT2D eigenvalue weighted by atomic mass is 19.1. The van der Waals surface area contributed by atoms with Crippen LogP contribution in [0.15, 0.2) is 24.3 Å². The van der Waals surface area contributed by atoms with Gasteiger partial charge in [0.1, 0.15) is 5.82 Å². The van der Waals surface area contributed by atoms with E-state index in [2.05, 4.69) is 10.6 Å². The quantitative estimate of drug-likeness (QED) is 0.768. The first-order chi connectivity index (χ1) is 8.49. The minimum Gasteiger partial charge on any atom is -0.388 e. The molecule has 18 heavy (non-hydrogen) atoms. The summed E-state index contributed by atoms with van der Waals surface area (Å²) in [6, 6.07) is 5.43. The molecular formula is C13H17FN2O2. The lowest BCUT2D eigenvalue weighted by Crippen LogP contribution is -2.43. The number of hydrogen-bond acceptors (Lipinski definition) is 2. The fraction of sp³-hybridized carbons (Fsp3) is 0.462. The van der Waals surface area contributed by atoms with Crippen molar-refractivity contribution in [3.63, 3.8) is 0 Å². The topological polar surface area (TPSA) is 61.4 Å². The van der Waals surface area contributed by atoms with Gasteiger partial charge in [0.25, 0.3) is 0 Å². The van der Waals surface area contributed by atoms with Gasteiger partial charge in [0.15, 0.2) is 0 Å². The van der Waals surface area contributed by atoms with E-state index in [0.29, 0.717) is 0 Å². The number of benzene rings is 1. The molecule has 1 atom stereocenters. The summed E-state index contributed by atoms with van der Waals surface area (Å²) in [6.07, 6.45) is 1.98. The minimum atomic E-state index is -0.882. The van der Waals surface area contributed by atoms with Crippen molar-refractivity contribution >= 4 is 11.7 Å². The molecule has 1 aliphatic rings.